The molecule has 0 radical (unpaired) electrons. The van der Waals surface area contributed by atoms with E-state index in [1.54, 1.807) is 0 Å². The fourth-order valence-electron chi connectivity index (χ4n) is 6.80. The Kier molecular flexibility index (Phi) is 39.4. The van der Waals surface area contributed by atoms with Gasteiger partial charge in [0.1, 0.15) is 13.2 Å². The van der Waals surface area contributed by atoms with Crippen molar-refractivity contribution in [2.24, 2.45) is 5.92 Å². The molecule has 0 N–H and O–H groups in total. The molecule has 0 fully saturated rings. The molecule has 0 bridgehead atoms. The van der Waals surface area contributed by atoms with Crippen LogP contribution in [0.4, 0.5) is 0 Å². The fourth-order valence-corrected chi connectivity index (χ4v) is 6.80. The number of ether oxygens (including phenoxy) is 3. The number of carbonyl (C=O) groups excluding carboxylic acids is 3. The molecule has 0 rings (SSSR count). The second kappa shape index (κ2) is 40.6. The van der Waals surface area contributed by atoms with Gasteiger partial charge in [0.05, 0.1) is 0 Å². The highest BCUT2D eigenvalue weighted by atomic mass is 16.6. The van der Waals surface area contributed by atoms with Crippen LogP contribution in [0.1, 0.15) is 252 Å². The van der Waals surface area contributed by atoms with E-state index in [1.807, 2.05) is 0 Å². The van der Waals surface area contributed by atoms with E-state index < -0.39 is 6.10 Å². The van der Waals surface area contributed by atoms with Crippen LogP contribution in [-0.2, 0) is 28.6 Å². The molecule has 0 aliphatic rings. The maximum Gasteiger partial charge on any atom is 0.306 e. The summed E-state index contributed by atoms with van der Waals surface area (Å²) in [6, 6.07) is 0. The van der Waals surface area contributed by atoms with Crippen LogP contribution in [0.5, 0.6) is 0 Å². The molecule has 0 saturated heterocycles. The third-order valence-corrected chi connectivity index (χ3v) is 10.3. The van der Waals surface area contributed by atoms with Gasteiger partial charge in [0.25, 0.3) is 0 Å². The Hall–Kier alpha value is -1.59. The third-order valence-electron chi connectivity index (χ3n) is 10.3. The quantitative estimate of drug-likeness (QED) is 0.0353. The van der Waals surface area contributed by atoms with Gasteiger partial charge in [-0.15, -0.1) is 0 Å². The molecule has 0 heterocycles. The first-order chi connectivity index (χ1) is 25.4. The van der Waals surface area contributed by atoms with Crippen molar-refractivity contribution in [3.8, 4) is 0 Å². The van der Waals surface area contributed by atoms with Gasteiger partial charge >= 0.3 is 17.9 Å². The van der Waals surface area contributed by atoms with E-state index in [1.165, 1.54) is 141 Å². The molecule has 0 aliphatic carbocycles. The smallest absolute Gasteiger partial charge is 0.306 e. The van der Waals surface area contributed by atoms with Gasteiger partial charge in [-0.1, -0.05) is 214 Å². The van der Waals surface area contributed by atoms with E-state index >= 15 is 0 Å². The van der Waals surface area contributed by atoms with Crippen LogP contribution in [0.15, 0.2) is 0 Å². The van der Waals surface area contributed by atoms with E-state index in [0.29, 0.717) is 19.3 Å². The average molecular weight is 737 g/mol. The van der Waals surface area contributed by atoms with Gasteiger partial charge in [0.2, 0.25) is 0 Å². The predicted octanol–water partition coefficient (Wildman–Crippen LogP) is 14.3. The Labute approximate surface area is 323 Å². The predicted molar refractivity (Wildman–Crippen MR) is 220 cm³/mol. The summed E-state index contributed by atoms with van der Waals surface area (Å²) in [5.74, 6) is -0.0909. The number of carbonyl (C=O) groups is 3. The molecule has 0 aliphatic heterocycles. The van der Waals surface area contributed by atoms with Gasteiger partial charge in [0, 0.05) is 19.3 Å². The van der Waals surface area contributed by atoms with Crippen molar-refractivity contribution in [2.75, 3.05) is 13.2 Å². The number of unbranched alkanes of at least 4 members (excludes halogenated alkanes) is 28. The second-order valence-corrected chi connectivity index (χ2v) is 16.2. The summed E-state index contributed by atoms with van der Waals surface area (Å²) in [4.78, 5) is 37.4. The van der Waals surface area contributed by atoms with Gasteiger partial charge in [-0.3, -0.25) is 14.4 Å². The summed E-state index contributed by atoms with van der Waals surface area (Å²) in [5.41, 5.74) is 0. The molecule has 0 aromatic rings. The van der Waals surface area contributed by atoms with Crippen LogP contribution in [0.2, 0.25) is 0 Å². The SMILES string of the molecule is CCCCCCCCCCCCCCCCCCCCCC(=O)OC[C@@H](COC(=O)CCCCCCCCCC(C)C)OC(=O)CCCCCCC. The van der Waals surface area contributed by atoms with E-state index in [9.17, 15) is 14.4 Å². The first-order valence-electron chi connectivity index (χ1n) is 22.9. The van der Waals surface area contributed by atoms with Gasteiger partial charge in [-0.25, -0.2) is 0 Å². The van der Waals surface area contributed by atoms with Gasteiger partial charge in [-0.2, -0.15) is 0 Å². The standard InChI is InChI=1S/C46H88O6/c1-5-7-9-11-12-13-14-15-16-17-18-19-20-21-22-23-26-30-33-37-44(47)50-40-43(52-46(49)39-35-28-10-8-6-2)41-51-45(48)38-34-31-27-24-25-29-32-36-42(3)4/h42-43H,5-41H2,1-4H3/t43-/m0/s1. The summed E-state index contributed by atoms with van der Waals surface area (Å²) in [7, 11) is 0. The van der Waals surface area contributed by atoms with E-state index in [2.05, 4.69) is 27.7 Å². The summed E-state index contributed by atoms with van der Waals surface area (Å²) in [5, 5.41) is 0. The van der Waals surface area contributed by atoms with Crippen LogP contribution in [0, 0.1) is 5.92 Å². The van der Waals surface area contributed by atoms with Crippen molar-refractivity contribution in [1.29, 1.82) is 0 Å². The first kappa shape index (κ1) is 50.4. The number of hydrogen-bond donors (Lipinski definition) is 0. The summed E-state index contributed by atoms with van der Waals surface area (Å²) in [6.45, 7) is 8.87. The monoisotopic (exact) mass is 737 g/mol. The molecule has 0 aromatic carbocycles. The third kappa shape index (κ3) is 39.6. The maximum atomic E-state index is 12.5. The molecular formula is C46H88O6. The van der Waals surface area contributed by atoms with Crippen LogP contribution in [0.3, 0.4) is 0 Å². The Morgan fingerprint density at radius 2 is 0.635 bits per heavy atom. The van der Waals surface area contributed by atoms with Crippen molar-refractivity contribution in [1.82, 2.24) is 0 Å². The minimum absolute atomic E-state index is 0.0659. The van der Waals surface area contributed by atoms with Crippen molar-refractivity contribution < 1.29 is 28.6 Å². The van der Waals surface area contributed by atoms with Crippen molar-refractivity contribution in [3.05, 3.63) is 0 Å². The molecule has 0 unspecified atom stereocenters. The minimum Gasteiger partial charge on any atom is -0.462 e. The van der Waals surface area contributed by atoms with E-state index in [-0.39, 0.29) is 31.1 Å². The molecule has 6 nitrogen and oxygen atoms in total. The van der Waals surface area contributed by atoms with E-state index in [0.717, 1.165) is 70.1 Å². The lowest BCUT2D eigenvalue weighted by molar-refractivity contribution is -0.167. The summed E-state index contributed by atoms with van der Waals surface area (Å²) < 4.78 is 16.6. The van der Waals surface area contributed by atoms with Crippen LogP contribution >= 0.6 is 0 Å². The van der Waals surface area contributed by atoms with Crippen LogP contribution < -0.4 is 0 Å². The zero-order chi connectivity index (χ0) is 38.2. The van der Waals surface area contributed by atoms with Crippen molar-refractivity contribution >= 4 is 17.9 Å². The number of hydrogen-bond acceptors (Lipinski definition) is 6. The number of rotatable bonds is 41. The zero-order valence-corrected chi connectivity index (χ0v) is 35.3. The summed E-state index contributed by atoms with van der Waals surface area (Å²) >= 11 is 0. The largest absolute Gasteiger partial charge is 0.462 e. The molecule has 52 heavy (non-hydrogen) atoms. The molecule has 1 atom stereocenters. The lowest BCUT2D eigenvalue weighted by Crippen LogP contribution is -2.30. The van der Waals surface area contributed by atoms with Crippen LogP contribution in [-0.4, -0.2) is 37.2 Å². The normalized spacial score (nSPS) is 11.9. The van der Waals surface area contributed by atoms with Gasteiger partial charge < -0.3 is 14.2 Å². The second-order valence-electron chi connectivity index (χ2n) is 16.2. The Morgan fingerprint density at radius 3 is 0.942 bits per heavy atom. The highest BCUT2D eigenvalue weighted by Gasteiger charge is 2.19. The summed E-state index contributed by atoms with van der Waals surface area (Å²) in [6.07, 6.45) is 39.9. The fraction of sp³-hybridized carbons (Fsp3) is 0.935. The highest BCUT2D eigenvalue weighted by molar-refractivity contribution is 5.71. The van der Waals surface area contributed by atoms with Gasteiger partial charge in [0.15, 0.2) is 6.10 Å². The Bertz CT molecular complexity index is 781. The Balaban J connectivity index is 4.06. The van der Waals surface area contributed by atoms with Crippen LogP contribution in [0.25, 0.3) is 0 Å². The Morgan fingerprint density at radius 1 is 0.365 bits per heavy atom. The first-order valence-corrected chi connectivity index (χ1v) is 22.9. The number of esters is 3. The molecule has 6 heteroatoms. The molecular weight excluding hydrogens is 649 g/mol. The lowest BCUT2D eigenvalue weighted by Gasteiger charge is -2.18. The van der Waals surface area contributed by atoms with E-state index in [4.69, 9.17) is 14.2 Å². The lowest BCUT2D eigenvalue weighted by atomic mass is 10.0. The minimum atomic E-state index is -0.757. The molecule has 0 amide bonds. The molecule has 0 aromatic heterocycles. The molecule has 0 spiro atoms. The maximum absolute atomic E-state index is 12.5. The average Bonchev–Trinajstić information content (AvgIpc) is 3.12. The van der Waals surface area contributed by atoms with Crippen molar-refractivity contribution in [2.45, 2.75) is 259 Å². The zero-order valence-electron chi connectivity index (χ0n) is 35.3. The molecule has 308 valence electrons. The van der Waals surface area contributed by atoms with Gasteiger partial charge in [-0.05, 0) is 25.2 Å². The highest BCUT2D eigenvalue weighted by Crippen LogP contribution is 2.16. The topological polar surface area (TPSA) is 78.9 Å². The van der Waals surface area contributed by atoms with Crippen molar-refractivity contribution in [3.63, 3.8) is 0 Å². The molecule has 0 saturated carbocycles.